The molecule has 0 bridgehead atoms. The van der Waals surface area contributed by atoms with Crippen molar-refractivity contribution in [3.8, 4) is 5.75 Å². The van der Waals surface area contributed by atoms with Crippen LogP contribution in [0.25, 0.3) is 0 Å². The van der Waals surface area contributed by atoms with Crippen LogP contribution in [0.3, 0.4) is 0 Å². The number of aromatic hydroxyl groups is 1. The SMILES string of the molecule is CCC[C@@H](N)c1c(F)ccc(F)c1O.Cl. The molecule has 5 heteroatoms. The zero-order valence-electron chi connectivity index (χ0n) is 8.34. The number of halogens is 3. The van der Waals surface area contributed by atoms with Gasteiger partial charge in [-0.1, -0.05) is 13.3 Å². The number of rotatable bonds is 3. The molecule has 0 saturated carbocycles. The first-order valence-electron chi connectivity index (χ1n) is 4.50. The van der Waals surface area contributed by atoms with Crippen molar-refractivity contribution in [2.24, 2.45) is 5.73 Å². The van der Waals surface area contributed by atoms with Crippen molar-refractivity contribution in [3.05, 3.63) is 29.3 Å². The van der Waals surface area contributed by atoms with Crippen LogP contribution in [0.5, 0.6) is 5.75 Å². The Morgan fingerprint density at radius 2 is 1.87 bits per heavy atom. The van der Waals surface area contributed by atoms with Crippen molar-refractivity contribution in [3.63, 3.8) is 0 Å². The Bertz CT molecular complexity index is 333. The maximum absolute atomic E-state index is 13.2. The zero-order valence-corrected chi connectivity index (χ0v) is 9.15. The highest BCUT2D eigenvalue weighted by atomic mass is 35.5. The molecule has 15 heavy (non-hydrogen) atoms. The van der Waals surface area contributed by atoms with E-state index in [0.29, 0.717) is 6.42 Å². The average Bonchev–Trinajstić information content (AvgIpc) is 2.13. The van der Waals surface area contributed by atoms with Crippen molar-refractivity contribution in [2.75, 3.05) is 0 Å². The van der Waals surface area contributed by atoms with E-state index in [4.69, 9.17) is 5.73 Å². The summed E-state index contributed by atoms with van der Waals surface area (Å²) in [5.41, 5.74) is 5.48. The molecule has 0 heterocycles. The second kappa shape index (κ2) is 5.88. The lowest BCUT2D eigenvalue weighted by Gasteiger charge is -2.13. The number of benzene rings is 1. The van der Waals surface area contributed by atoms with Crippen molar-refractivity contribution >= 4 is 12.4 Å². The summed E-state index contributed by atoms with van der Waals surface area (Å²) in [6, 6.07) is 1.20. The third kappa shape index (κ3) is 3.04. The predicted molar refractivity (Wildman–Crippen MR) is 57.1 cm³/mol. The second-order valence-electron chi connectivity index (χ2n) is 3.19. The van der Waals surface area contributed by atoms with Crippen molar-refractivity contribution in [1.82, 2.24) is 0 Å². The number of phenolic OH excluding ortho intramolecular Hbond substituents is 1. The van der Waals surface area contributed by atoms with Crippen LogP contribution in [0.2, 0.25) is 0 Å². The van der Waals surface area contributed by atoms with Crippen LogP contribution < -0.4 is 5.73 Å². The second-order valence-corrected chi connectivity index (χ2v) is 3.19. The van der Waals surface area contributed by atoms with E-state index < -0.39 is 23.4 Å². The fourth-order valence-electron chi connectivity index (χ4n) is 1.36. The van der Waals surface area contributed by atoms with Gasteiger partial charge in [0.25, 0.3) is 0 Å². The third-order valence-electron chi connectivity index (χ3n) is 2.09. The van der Waals surface area contributed by atoms with Crippen LogP contribution in [0.1, 0.15) is 31.4 Å². The molecular formula is C10H14ClF2NO. The van der Waals surface area contributed by atoms with Crippen LogP contribution in [-0.4, -0.2) is 5.11 Å². The molecule has 1 rings (SSSR count). The first-order valence-corrected chi connectivity index (χ1v) is 4.50. The largest absolute Gasteiger partial charge is 0.505 e. The summed E-state index contributed by atoms with van der Waals surface area (Å²) in [5.74, 6) is -2.18. The number of hydrogen-bond donors (Lipinski definition) is 2. The molecule has 86 valence electrons. The summed E-state index contributed by atoms with van der Waals surface area (Å²) in [5, 5.41) is 9.28. The van der Waals surface area contributed by atoms with Gasteiger partial charge in [0, 0.05) is 11.6 Å². The molecular weight excluding hydrogens is 224 g/mol. The first-order chi connectivity index (χ1) is 6.57. The Hall–Kier alpha value is -0.870. The van der Waals surface area contributed by atoms with Crippen molar-refractivity contribution in [1.29, 1.82) is 0 Å². The minimum Gasteiger partial charge on any atom is -0.505 e. The lowest BCUT2D eigenvalue weighted by molar-refractivity contribution is 0.407. The maximum atomic E-state index is 13.2. The number of hydrogen-bond acceptors (Lipinski definition) is 2. The molecule has 0 fully saturated rings. The number of phenols is 1. The molecule has 0 aliphatic heterocycles. The van der Waals surface area contributed by atoms with Gasteiger partial charge in [-0.3, -0.25) is 0 Å². The van der Waals surface area contributed by atoms with Crippen molar-refractivity contribution < 1.29 is 13.9 Å². The van der Waals surface area contributed by atoms with E-state index in [2.05, 4.69) is 0 Å². The van der Waals surface area contributed by atoms with Gasteiger partial charge in [-0.2, -0.15) is 0 Å². The van der Waals surface area contributed by atoms with Gasteiger partial charge in [0.05, 0.1) is 0 Å². The molecule has 1 atom stereocenters. The Morgan fingerprint density at radius 1 is 1.33 bits per heavy atom. The molecule has 0 unspecified atom stereocenters. The van der Waals surface area contributed by atoms with Crippen LogP contribution in [0.15, 0.2) is 12.1 Å². The maximum Gasteiger partial charge on any atom is 0.165 e. The summed E-state index contributed by atoms with van der Waals surface area (Å²) in [7, 11) is 0. The standard InChI is InChI=1S/C10H13F2NO.ClH/c1-2-3-8(13)9-6(11)4-5-7(12)10(9)14;/h4-5,8,14H,2-3,13H2,1H3;1H/t8-;/m1./s1. The Kier molecular flexibility index (Phi) is 5.54. The fraction of sp³-hybridized carbons (Fsp3) is 0.400. The van der Waals surface area contributed by atoms with E-state index in [1.54, 1.807) is 0 Å². The summed E-state index contributed by atoms with van der Waals surface area (Å²) in [6.07, 6.45) is 1.25. The highest BCUT2D eigenvalue weighted by Crippen LogP contribution is 2.30. The van der Waals surface area contributed by atoms with Gasteiger partial charge < -0.3 is 10.8 Å². The molecule has 0 amide bonds. The molecule has 0 aliphatic rings. The molecule has 0 aliphatic carbocycles. The van der Waals surface area contributed by atoms with Gasteiger partial charge in [-0.05, 0) is 18.6 Å². The van der Waals surface area contributed by atoms with E-state index in [0.717, 1.165) is 18.6 Å². The van der Waals surface area contributed by atoms with Crippen LogP contribution in [-0.2, 0) is 0 Å². The topological polar surface area (TPSA) is 46.2 Å². The quantitative estimate of drug-likeness (QED) is 0.849. The molecule has 0 radical (unpaired) electrons. The summed E-state index contributed by atoms with van der Waals surface area (Å²) >= 11 is 0. The minimum absolute atomic E-state index is 0. The van der Waals surface area contributed by atoms with Crippen LogP contribution in [0, 0.1) is 11.6 Å². The fourth-order valence-corrected chi connectivity index (χ4v) is 1.36. The molecule has 3 N–H and O–H groups in total. The summed E-state index contributed by atoms with van der Waals surface area (Å²) in [6.45, 7) is 1.88. The van der Waals surface area contributed by atoms with E-state index in [1.807, 2.05) is 6.92 Å². The van der Waals surface area contributed by atoms with Gasteiger partial charge in [0.15, 0.2) is 11.6 Å². The van der Waals surface area contributed by atoms with Crippen LogP contribution >= 0.6 is 12.4 Å². The van der Waals surface area contributed by atoms with E-state index in [1.165, 1.54) is 0 Å². The van der Waals surface area contributed by atoms with Crippen molar-refractivity contribution in [2.45, 2.75) is 25.8 Å². The van der Waals surface area contributed by atoms with Gasteiger partial charge >= 0.3 is 0 Å². The van der Waals surface area contributed by atoms with E-state index in [9.17, 15) is 13.9 Å². The van der Waals surface area contributed by atoms with Gasteiger partial charge in [-0.15, -0.1) is 12.4 Å². The van der Waals surface area contributed by atoms with Gasteiger partial charge in [-0.25, -0.2) is 8.78 Å². The first kappa shape index (κ1) is 14.1. The monoisotopic (exact) mass is 237 g/mol. The normalized spacial score (nSPS) is 12.0. The van der Waals surface area contributed by atoms with Gasteiger partial charge in [0.1, 0.15) is 5.82 Å². The predicted octanol–water partition coefficient (Wildman–Crippen LogP) is 2.89. The molecule has 2 nitrogen and oxygen atoms in total. The third-order valence-corrected chi connectivity index (χ3v) is 2.09. The summed E-state index contributed by atoms with van der Waals surface area (Å²) in [4.78, 5) is 0. The lowest BCUT2D eigenvalue weighted by Crippen LogP contribution is -2.12. The minimum atomic E-state index is -0.840. The average molecular weight is 238 g/mol. The Morgan fingerprint density at radius 3 is 2.40 bits per heavy atom. The molecule has 0 aromatic heterocycles. The molecule has 1 aromatic carbocycles. The van der Waals surface area contributed by atoms with Gasteiger partial charge in [0.2, 0.25) is 0 Å². The smallest absolute Gasteiger partial charge is 0.165 e. The summed E-state index contributed by atoms with van der Waals surface area (Å²) < 4.78 is 26.1. The molecule has 0 saturated heterocycles. The number of nitrogens with two attached hydrogens (primary N) is 1. The Balaban J connectivity index is 0.00000196. The highest BCUT2D eigenvalue weighted by Gasteiger charge is 2.18. The zero-order chi connectivity index (χ0) is 10.7. The van der Waals surface area contributed by atoms with Crippen LogP contribution in [0.4, 0.5) is 8.78 Å². The highest BCUT2D eigenvalue weighted by molar-refractivity contribution is 5.85. The van der Waals surface area contributed by atoms with E-state index in [-0.39, 0.29) is 18.0 Å². The van der Waals surface area contributed by atoms with E-state index >= 15 is 0 Å². The lowest BCUT2D eigenvalue weighted by atomic mass is 10.0. The molecule has 0 spiro atoms. The molecule has 1 aromatic rings. The Labute approximate surface area is 93.5 Å².